The number of rotatable bonds is 5. The first kappa shape index (κ1) is 9.96. The highest BCUT2D eigenvalue weighted by Crippen LogP contribution is 2.10. The van der Waals surface area contributed by atoms with Crippen molar-refractivity contribution in [2.45, 2.75) is 46.6 Å². The average Bonchev–Trinajstić information content (AvgIpc) is 1.90. The van der Waals surface area contributed by atoms with Crippen LogP contribution in [0.4, 0.5) is 0 Å². The number of hydrogen-bond donors (Lipinski definition) is 0. The van der Waals surface area contributed by atoms with Crippen molar-refractivity contribution < 1.29 is 4.74 Å². The van der Waals surface area contributed by atoms with Gasteiger partial charge in [0.1, 0.15) is 0 Å². The van der Waals surface area contributed by atoms with E-state index in [0.717, 1.165) is 19.4 Å². The third-order valence-electron chi connectivity index (χ3n) is 1.62. The van der Waals surface area contributed by atoms with Crippen molar-refractivity contribution in [3.05, 3.63) is 5.92 Å². The molecule has 0 aromatic carbocycles. The molecular formula is C9H19O. The molecule has 0 aromatic rings. The van der Waals surface area contributed by atoms with Gasteiger partial charge in [0.15, 0.2) is 0 Å². The van der Waals surface area contributed by atoms with E-state index in [1.165, 1.54) is 5.92 Å². The lowest BCUT2D eigenvalue weighted by Crippen LogP contribution is -2.10. The summed E-state index contributed by atoms with van der Waals surface area (Å²) in [7, 11) is 0. The molecule has 0 atom stereocenters. The minimum atomic E-state index is 0.369. The Kier molecular flexibility index (Phi) is 5.70. The van der Waals surface area contributed by atoms with Crippen LogP contribution in [0.3, 0.4) is 0 Å². The van der Waals surface area contributed by atoms with Crippen LogP contribution < -0.4 is 0 Å². The molecule has 0 fully saturated rings. The standard InChI is InChI=1S/C9H19O/c1-5-9(6-2)7-10-8(3)4/h8H,5-7H2,1-4H3. The van der Waals surface area contributed by atoms with Crippen LogP contribution in [0.15, 0.2) is 0 Å². The molecule has 0 bridgehead atoms. The van der Waals surface area contributed by atoms with Crippen molar-refractivity contribution in [3.63, 3.8) is 0 Å². The Labute approximate surface area is 64.8 Å². The fraction of sp³-hybridized carbons (Fsp3) is 0.889. The van der Waals surface area contributed by atoms with Crippen LogP contribution in [0.2, 0.25) is 0 Å². The van der Waals surface area contributed by atoms with Crippen molar-refractivity contribution in [3.8, 4) is 0 Å². The van der Waals surface area contributed by atoms with Gasteiger partial charge in [-0.05, 0) is 26.7 Å². The van der Waals surface area contributed by atoms with E-state index in [2.05, 4.69) is 27.7 Å². The smallest absolute Gasteiger partial charge is 0.0531 e. The molecule has 61 valence electrons. The predicted molar refractivity (Wildman–Crippen MR) is 44.9 cm³/mol. The summed E-state index contributed by atoms with van der Waals surface area (Å²) in [5.41, 5.74) is 0. The van der Waals surface area contributed by atoms with Crippen molar-refractivity contribution in [1.82, 2.24) is 0 Å². The van der Waals surface area contributed by atoms with Gasteiger partial charge >= 0.3 is 0 Å². The highest BCUT2D eigenvalue weighted by atomic mass is 16.5. The predicted octanol–water partition coefficient (Wildman–Crippen LogP) is 2.81. The Balaban J connectivity index is 3.26. The first-order valence-electron chi connectivity index (χ1n) is 4.15. The zero-order chi connectivity index (χ0) is 7.98. The summed E-state index contributed by atoms with van der Waals surface area (Å²) in [6, 6.07) is 0. The second-order valence-corrected chi connectivity index (χ2v) is 2.82. The molecule has 0 unspecified atom stereocenters. The molecular weight excluding hydrogens is 124 g/mol. The molecule has 0 N–H and O–H groups in total. The molecule has 0 aromatic heterocycles. The Hall–Kier alpha value is -0.0400. The molecule has 0 aliphatic heterocycles. The van der Waals surface area contributed by atoms with E-state index in [9.17, 15) is 0 Å². The SMILES string of the molecule is CC[C](CC)COC(C)C. The van der Waals surface area contributed by atoms with E-state index in [0.29, 0.717) is 6.10 Å². The normalized spacial score (nSPS) is 11.4. The van der Waals surface area contributed by atoms with Gasteiger partial charge in [-0.2, -0.15) is 0 Å². The van der Waals surface area contributed by atoms with Crippen LogP contribution in [-0.2, 0) is 4.74 Å². The molecule has 0 saturated heterocycles. The first-order chi connectivity index (χ1) is 4.70. The summed E-state index contributed by atoms with van der Waals surface area (Å²) in [6.07, 6.45) is 2.68. The minimum Gasteiger partial charge on any atom is -0.378 e. The maximum absolute atomic E-state index is 5.45. The van der Waals surface area contributed by atoms with Gasteiger partial charge < -0.3 is 4.74 Å². The first-order valence-corrected chi connectivity index (χ1v) is 4.15. The van der Waals surface area contributed by atoms with Crippen LogP contribution in [0.1, 0.15) is 40.5 Å². The summed E-state index contributed by atoms with van der Waals surface area (Å²) in [4.78, 5) is 0. The second-order valence-electron chi connectivity index (χ2n) is 2.82. The van der Waals surface area contributed by atoms with Gasteiger partial charge in [-0.25, -0.2) is 0 Å². The molecule has 0 rings (SSSR count). The summed E-state index contributed by atoms with van der Waals surface area (Å²) in [5.74, 6) is 1.51. The van der Waals surface area contributed by atoms with Crippen molar-refractivity contribution in [2.24, 2.45) is 0 Å². The van der Waals surface area contributed by atoms with Gasteiger partial charge in [-0.15, -0.1) is 0 Å². The second kappa shape index (κ2) is 5.72. The Morgan fingerprint density at radius 1 is 1.20 bits per heavy atom. The van der Waals surface area contributed by atoms with E-state index in [4.69, 9.17) is 4.74 Å². The summed E-state index contributed by atoms with van der Waals surface area (Å²) in [6.45, 7) is 9.36. The molecule has 0 heterocycles. The molecule has 1 heteroatoms. The molecule has 0 amide bonds. The van der Waals surface area contributed by atoms with Crippen LogP contribution in [0, 0.1) is 5.92 Å². The highest BCUT2D eigenvalue weighted by Gasteiger charge is 2.04. The van der Waals surface area contributed by atoms with Crippen LogP contribution in [0.25, 0.3) is 0 Å². The zero-order valence-corrected chi connectivity index (χ0v) is 7.61. The Morgan fingerprint density at radius 2 is 1.70 bits per heavy atom. The minimum absolute atomic E-state index is 0.369. The van der Waals surface area contributed by atoms with Gasteiger partial charge in [0.05, 0.1) is 12.7 Å². The van der Waals surface area contributed by atoms with Crippen LogP contribution >= 0.6 is 0 Å². The summed E-state index contributed by atoms with van der Waals surface area (Å²) >= 11 is 0. The van der Waals surface area contributed by atoms with Gasteiger partial charge in [-0.1, -0.05) is 13.8 Å². The lowest BCUT2D eigenvalue weighted by Gasteiger charge is -2.13. The molecule has 1 nitrogen and oxygen atoms in total. The Bertz CT molecular complexity index is 65.1. The third kappa shape index (κ3) is 4.80. The third-order valence-corrected chi connectivity index (χ3v) is 1.62. The lowest BCUT2D eigenvalue weighted by molar-refractivity contribution is 0.0839. The zero-order valence-electron chi connectivity index (χ0n) is 7.61. The fourth-order valence-corrected chi connectivity index (χ4v) is 0.739. The van der Waals surface area contributed by atoms with Crippen LogP contribution in [0.5, 0.6) is 0 Å². The molecule has 10 heavy (non-hydrogen) atoms. The van der Waals surface area contributed by atoms with Crippen molar-refractivity contribution in [2.75, 3.05) is 6.61 Å². The van der Waals surface area contributed by atoms with E-state index in [-0.39, 0.29) is 0 Å². The molecule has 0 spiro atoms. The maximum Gasteiger partial charge on any atom is 0.0531 e. The van der Waals surface area contributed by atoms with Gasteiger partial charge in [0.25, 0.3) is 0 Å². The summed E-state index contributed by atoms with van der Waals surface area (Å²) < 4.78 is 5.45. The van der Waals surface area contributed by atoms with E-state index < -0.39 is 0 Å². The van der Waals surface area contributed by atoms with Gasteiger partial charge in [-0.3, -0.25) is 0 Å². The molecule has 0 aliphatic rings. The van der Waals surface area contributed by atoms with E-state index >= 15 is 0 Å². The van der Waals surface area contributed by atoms with Crippen LogP contribution in [-0.4, -0.2) is 12.7 Å². The van der Waals surface area contributed by atoms with Gasteiger partial charge in [0.2, 0.25) is 0 Å². The molecule has 1 radical (unpaired) electrons. The van der Waals surface area contributed by atoms with E-state index in [1.807, 2.05) is 0 Å². The average molecular weight is 143 g/mol. The van der Waals surface area contributed by atoms with E-state index in [1.54, 1.807) is 0 Å². The van der Waals surface area contributed by atoms with Crippen molar-refractivity contribution >= 4 is 0 Å². The van der Waals surface area contributed by atoms with Gasteiger partial charge in [0, 0.05) is 5.92 Å². The fourth-order valence-electron chi connectivity index (χ4n) is 0.739. The topological polar surface area (TPSA) is 9.23 Å². The van der Waals surface area contributed by atoms with Crippen molar-refractivity contribution in [1.29, 1.82) is 0 Å². The highest BCUT2D eigenvalue weighted by molar-refractivity contribution is 4.85. The Morgan fingerprint density at radius 3 is 2.00 bits per heavy atom. The largest absolute Gasteiger partial charge is 0.378 e. The molecule has 0 aliphatic carbocycles. The lowest BCUT2D eigenvalue weighted by atomic mass is 10.1. The number of ether oxygens (including phenoxy) is 1. The quantitative estimate of drug-likeness (QED) is 0.575. The number of hydrogen-bond acceptors (Lipinski definition) is 1. The molecule has 0 saturated carbocycles. The maximum atomic E-state index is 5.45. The summed E-state index contributed by atoms with van der Waals surface area (Å²) in [5, 5.41) is 0. The monoisotopic (exact) mass is 143 g/mol.